The number of hydrogen-bond donors (Lipinski definition) is 1. The van der Waals surface area contributed by atoms with Crippen molar-refractivity contribution in [2.24, 2.45) is 0 Å². The fraction of sp³-hybridized carbons (Fsp3) is 0.909. The van der Waals surface area contributed by atoms with Gasteiger partial charge in [0.05, 0.1) is 6.10 Å². The Morgan fingerprint density at radius 1 is 1.60 bits per heavy atom. The molecule has 1 aliphatic rings. The van der Waals surface area contributed by atoms with Crippen molar-refractivity contribution < 1.29 is 14.6 Å². The van der Waals surface area contributed by atoms with Gasteiger partial charge in [-0.25, -0.2) is 0 Å². The van der Waals surface area contributed by atoms with E-state index in [1.54, 1.807) is 0 Å². The predicted octanol–water partition coefficient (Wildman–Crippen LogP) is 0.786. The van der Waals surface area contributed by atoms with E-state index in [0.29, 0.717) is 19.4 Å². The minimum atomic E-state index is 0.0865. The standard InChI is InChI=1S/C11H21NO3/c1-2-12(11(14)6-3-7-13)9-10-5-4-8-15-10/h10,13H,2-9H2,1H3. The summed E-state index contributed by atoms with van der Waals surface area (Å²) in [5.41, 5.74) is 0. The van der Waals surface area contributed by atoms with Crippen LogP contribution in [0.1, 0.15) is 32.6 Å². The Hall–Kier alpha value is -0.610. The highest BCUT2D eigenvalue weighted by molar-refractivity contribution is 5.76. The second kappa shape index (κ2) is 6.80. The van der Waals surface area contributed by atoms with Gasteiger partial charge in [0.1, 0.15) is 0 Å². The zero-order valence-electron chi connectivity index (χ0n) is 9.45. The van der Waals surface area contributed by atoms with Crippen LogP contribution in [0, 0.1) is 0 Å². The van der Waals surface area contributed by atoms with Gasteiger partial charge in [-0.3, -0.25) is 4.79 Å². The maximum absolute atomic E-state index is 11.7. The summed E-state index contributed by atoms with van der Waals surface area (Å²) in [6.07, 6.45) is 3.39. The lowest BCUT2D eigenvalue weighted by atomic mass is 10.2. The highest BCUT2D eigenvalue weighted by Gasteiger charge is 2.20. The number of aliphatic hydroxyl groups is 1. The van der Waals surface area contributed by atoms with E-state index < -0.39 is 0 Å². The Kier molecular flexibility index (Phi) is 5.65. The van der Waals surface area contributed by atoms with Gasteiger partial charge in [0.15, 0.2) is 0 Å². The Labute approximate surface area is 91.2 Å². The van der Waals surface area contributed by atoms with E-state index >= 15 is 0 Å². The number of ether oxygens (including phenoxy) is 1. The lowest BCUT2D eigenvalue weighted by molar-refractivity contribution is -0.132. The molecule has 1 atom stereocenters. The first-order valence-corrected chi connectivity index (χ1v) is 5.78. The van der Waals surface area contributed by atoms with Crippen molar-refractivity contribution in [3.63, 3.8) is 0 Å². The highest BCUT2D eigenvalue weighted by Crippen LogP contribution is 2.13. The first-order valence-electron chi connectivity index (χ1n) is 5.78. The average molecular weight is 215 g/mol. The van der Waals surface area contributed by atoms with Gasteiger partial charge in [-0.05, 0) is 26.2 Å². The van der Waals surface area contributed by atoms with Crippen LogP contribution in [-0.4, -0.2) is 48.3 Å². The van der Waals surface area contributed by atoms with Crippen LogP contribution in [-0.2, 0) is 9.53 Å². The Morgan fingerprint density at radius 3 is 2.93 bits per heavy atom. The monoisotopic (exact) mass is 215 g/mol. The molecule has 0 aromatic rings. The van der Waals surface area contributed by atoms with Gasteiger partial charge in [0.2, 0.25) is 5.91 Å². The van der Waals surface area contributed by atoms with Gasteiger partial charge in [-0.15, -0.1) is 0 Å². The number of aliphatic hydroxyl groups excluding tert-OH is 1. The summed E-state index contributed by atoms with van der Waals surface area (Å²) in [6.45, 7) is 4.33. The molecule has 1 rings (SSSR count). The average Bonchev–Trinajstić information content (AvgIpc) is 2.75. The first-order chi connectivity index (χ1) is 7.27. The van der Waals surface area contributed by atoms with Crippen LogP contribution in [0.15, 0.2) is 0 Å². The summed E-state index contributed by atoms with van der Waals surface area (Å²) in [7, 11) is 0. The largest absolute Gasteiger partial charge is 0.396 e. The molecule has 4 nitrogen and oxygen atoms in total. The van der Waals surface area contributed by atoms with Crippen molar-refractivity contribution in [1.29, 1.82) is 0 Å². The molecule has 1 aliphatic heterocycles. The van der Waals surface area contributed by atoms with E-state index in [1.165, 1.54) is 0 Å². The molecule has 1 fully saturated rings. The molecule has 0 aromatic heterocycles. The normalized spacial score (nSPS) is 20.5. The van der Waals surface area contributed by atoms with Crippen molar-refractivity contribution in [2.45, 2.75) is 38.7 Å². The second-order valence-corrected chi connectivity index (χ2v) is 3.89. The van der Waals surface area contributed by atoms with Crippen molar-refractivity contribution in [1.82, 2.24) is 4.90 Å². The summed E-state index contributed by atoms with van der Waals surface area (Å²) in [5, 5.41) is 8.66. The number of hydrogen-bond acceptors (Lipinski definition) is 3. The van der Waals surface area contributed by atoms with Crippen LogP contribution < -0.4 is 0 Å². The smallest absolute Gasteiger partial charge is 0.222 e. The van der Waals surface area contributed by atoms with Crippen molar-refractivity contribution >= 4 is 5.91 Å². The Morgan fingerprint density at radius 2 is 2.40 bits per heavy atom. The van der Waals surface area contributed by atoms with E-state index in [1.807, 2.05) is 11.8 Å². The molecule has 0 aliphatic carbocycles. The molecule has 1 saturated heterocycles. The third-order valence-corrected chi connectivity index (χ3v) is 2.73. The predicted molar refractivity (Wildman–Crippen MR) is 57.5 cm³/mol. The van der Waals surface area contributed by atoms with E-state index in [-0.39, 0.29) is 18.6 Å². The number of carbonyl (C=O) groups is 1. The van der Waals surface area contributed by atoms with Gasteiger partial charge >= 0.3 is 0 Å². The molecular weight excluding hydrogens is 194 g/mol. The minimum absolute atomic E-state index is 0.0865. The Bertz CT molecular complexity index is 190. The molecule has 0 saturated carbocycles. The van der Waals surface area contributed by atoms with Crippen LogP contribution in [0.5, 0.6) is 0 Å². The van der Waals surface area contributed by atoms with Crippen molar-refractivity contribution in [3.05, 3.63) is 0 Å². The van der Waals surface area contributed by atoms with Gasteiger partial charge in [-0.1, -0.05) is 0 Å². The van der Waals surface area contributed by atoms with E-state index in [2.05, 4.69) is 0 Å². The fourth-order valence-electron chi connectivity index (χ4n) is 1.83. The van der Waals surface area contributed by atoms with Crippen molar-refractivity contribution in [2.75, 3.05) is 26.3 Å². The summed E-state index contributed by atoms with van der Waals surface area (Å²) < 4.78 is 5.50. The van der Waals surface area contributed by atoms with Gasteiger partial charge in [0.25, 0.3) is 0 Å². The summed E-state index contributed by atoms with van der Waals surface area (Å²) >= 11 is 0. The van der Waals surface area contributed by atoms with Crippen LogP contribution in [0.3, 0.4) is 0 Å². The van der Waals surface area contributed by atoms with Crippen LogP contribution in [0.25, 0.3) is 0 Å². The van der Waals surface area contributed by atoms with Gasteiger partial charge in [0, 0.05) is 32.7 Å². The van der Waals surface area contributed by atoms with Gasteiger partial charge < -0.3 is 14.7 Å². The van der Waals surface area contributed by atoms with E-state index in [0.717, 1.165) is 26.0 Å². The molecule has 1 N–H and O–H groups in total. The third kappa shape index (κ3) is 4.18. The van der Waals surface area contributed by atoms with Crippen molar-refractivity contribution in [3.8, 4) is 0 Å². The molecule has 1 heterocycles. The van der Waals surface area contributed by atoms with Crippen LogP contribution >= 0.6 is 0 Å². The minimum Gasteiger partial charge on any atom is -0.396 e. The maximum atomic E-state index is 11.7. The molecule has 0 bridgehead atoms. The maximum Gasteiger partial charge on any atom is 0.222 e. The number of rotatable bonds is 6. The lowest BCUT2D eigenvalue weighted by Gasteiger charge is -2.23. The topological polar surface area (TPSA) is 49.8 Å². The SMILES string of the molecule is CCN(CC1CCCO1)C(=O)CCCO. The zero-order valence-corrected chi connectivity index (χ0v) is 9.45. The van der Waals surface area contributed by atoms with Crippen LogP contribution in [0.4, 0.5) is 0 Å². The molecule has 1 amide bonds. The summed E-state index contributed by atoms with van der Waals surface area (Å²) in [6, 6.07) is 0. The molecule has 0 aromatic carbocycles. The van der Waals surface area contributed by atoms with Crippen LogP contribution in [0.2, 0.25) is 0 Å². The highest BCUT2D eigenvalue weighted by atomic mass is 16.5. The Balaban J connectivity index is 2.29. The van der Waals surface area contributed by atoms with E-state index in [4.69, 9.17) is 9.84 Å². The molecule has 0 spiro atoms. The zero-order chi connectivity index (χ0) is 11.1. The molecule has 15 heavy (non-hydrogen) atoms. The number of likely N-dealkylation sites (N-methyl/N-ethyl adjacent to an activating group) is 1. The fourth-order valence-corrected chi connectivity index (χ4v) is 1.83. The molecule has 88 valence electrons. The first kappa shape index (κ1) is 12.5. The lowest BCUT2D eigenvalue weighted by Crippen LogP contribution is -2.37. The number of amides is 1. The van der Waals surface area contributed by atoms with Gasteiger partial charge in [-0.2, -0.15) is 0 Å². The molecule has 0 radical (unpaired) electrons. The molecule has 1 unspecified atom stereocenters. The number of nitrogens with zero attached hydrogens (tertiary/aromatic N) is 1. The number of carbonyl (C=O) groups excluding carboxylic acids is 1. The molecule has 4 heteroatoms. The molecular formula is C11H21NO3. The third-order valence-electron chi connectivity index (χ3n) is 2.73. The summed E-state index contributed by atoms with van der Waals surface area (Å²) in [5.74, 6) is 0.127. The van der Waals surface area contributed by atoms with E-state index in [9.17, 15) is 4.79 Å². The summed E-state index contributed by atoms with van der Waals surface area (Å²) in [4.78, 5) is 13.5. The quantitative estimate of drug-likeness (QED) is 0.712. The second-order valence-electron chi connectivity index (χ2n) is 3.89.